The smallest absolute Gasteiger partial charge is 0.250 e. The first-order valence-corrected chi connectivity index (χ1v) is 12.1. The van der Waals surface area contributed by atoms with Crippen molar-refractivity contribution in [3.8, 4) is 5.69 Å². The highest BCUT2D eigenvalue weighted by Crippen LogP contribution is 2.42. The third-order valence-electron chi connectivity index (χ3n) is 6.20. The van der Waals surface area contributed by atoms with E-state index in [1.165, 1.54) is 12.7 Å². The number of nitrogens with zero attached hydrogens (tertiary/aromatic N) is 3. The molecule has 0 saturated carbocycles. The van der Waals surface area contributed by atoms with Crippen LogP contribution in [0.4, 0.5) is 11.4 Å². The number of rotatable bonds is 7. The number of carbonyl (C=O) groups excluding carboxylic acids is 1. The molecule has 0 bridgehead atoms. The minimum atomic E-state index is -0.201. The number of hydrogen-bond donors (Lipinski definition) is 2. The maximum absolute atomic E-state index is 11.9. The van der Waals surface area contributed by atoms with Gasteiger partial charge < -0.3 is 24.8 Å². The van der Waals surface area contributed by atoms with Crippen LogP contribution in [0.1, 0.15) is 29.0 Å². The standard InChI is InChI=1S/C28H27N5O2S/c1-19-8-12-21(13-9-19)32-17-5-7-24(32)27-26(23-6-3-4-16-29-23)31-28(36)33(27)22-14-10-20(11-15-22)30-25(34)18-35-2/h3-17,26-27H,18H2,1-2H3,(H,30,34)(H,31,36). The van der Waals surface area contributed by atoms with Crippen molar-refractivity contribution in [2.75, 3.05) is 23.9 Å². The molecule has 3 heterocycles. The van der Waals surface area contributed by atoms with E-state index in [9.17, 15) is 4.79 Å². The molecular formula is C28H27N5O2S. The molecule has 5 rings (SSSR count). The van der Waals surface area contributed by atoms with Crippen LogP contribution >= 0.6 is 12.2 Å². The van der Waals surface area contributed by atoms with Crippen molar-refractivity contribution in [1.29, 1.82) is 0 Å². The maximum atomic E-state index is 11.9. The van der Waals surface area contributed by atoms with E-state index in [0.29, 0.717) is 10.8 Å². The monoisotopic (exact) mass is 497 g/mol. The molecule has 1 aliphatic rings. The number of hydrogen-bond acceptors (Lipinski definition) is 4. The average Bonchev–Trinajstić information content (AvgIpc) is 3.50. The molecule has 182 valence electrons. The van der Waals surface area contributed by atoms with Crippen molar-refractivity contribution in [3.05, 3.63) is 108 Å². The number of anilines is 2. The number of carbonyl (C=O) groups is 1. The van der Waals surface area contributed by atoms with Crippen LogP contribution in [0.2, 0.25) is 0 Å². The minimum Gasteiger partial charge on any atom is -0.375 e. The molecule has 2 unspecified atom stereocenters. The van der Waals surface area contributed by atoms with E-state index in [4.69, 9.17) is 17.0 Å². The second kappa shape index (κ2) is 10.3. The maximum Gasteiger partial charge on any atom is 0.250 e. The van der Waals surface area contributed by atoms with Crippen molar-refractivity contribution >= 4 is 34.6 Å². The van der Waals surface area contributed by atoms with Gasteiger partial charge in [0, 0.05) is 42.3 Å². The van der Waals surface area contributed by atoms with Crippen LogP contribution in [0.5, 0.6) is 0 Å². The summed E-state index contributed by atoms with van der Waals surface area (Å²) >= 11 is 5.86. The molecule has 0 spiro atoms. The van der Waals surface area contributed by atoms with E-state index in [-0.39, 0.29) is 24.6 Å². The zero-order chi connectivity index (χ0) is 25.1. The second-order valence-electron chi connectivity index (χ2n) is 8.66. The lowest BCUT2D eigenvalue weighted by atomic mass is 10.0. The van der Waals surface area contributed by atoms with Gasteiger partial charge in [-0.1, -0.05) is 23.8 Å². The Kier molecular flexibility index (Phi) is 6.79. The third kappa shape index (κ3) is 4.73. The number of benzene rings is 2. The molecule has 2 aromatic heterocycles. The summed E-state index contributed by atoms with van der Waals surface area (Å²) in [5.41, 5.74) is 5.89. The summed E-state index contributed by atoms with van der Waals surface area (Å²) < 4.78 is 7.10. The van der Waals surface area contributed by atoms with Gasteiger partial charge in [0.2, 0.25) is 5.91 Å². The summed E-state index contributed by atoms with van der Waals surface area (Å²) in [7, 11) is 1.49. The lowest BCUT2D eigenvalue weighted by Gasteiger charge is -2.29. The number of amides is 1. The molecule has 2 aromatic carbocycles. The number of methoxy groups -OCH3 is 1. The topological polar surface area (TPSA) is 71.4 Å². The first-order valence-electron chi connectivity index (χ1n) is 11.7. The number of nitrogens with one attached hydrogen (secondary N) is 2. The molecule has 0 radical (unpaired) electrons. The number of pyridine rings is 1. The van der Waals surface area contributed by atoms with Gasteiger partial charge in [0.25, 0.3) is 0 Å². The Hall–Kier alpha value is -4.01. The Morgan fingerprint density at radius 1 is 1.03 bits per heavy atom. The van der Waals surface area contributed by atoms with Crippen LogP contribution in [0.15, 0.2) is 91.3 Å². The van der Waals surface area contributed by atoms with Gasteiger partial charge >= 0.3 is 0 Å². The van der Waals surface area contributed by atoms with Gasteiger partial charge in [0.05, 0.1) is 11.7 Å². The quantitative estimate of drug-likeness (QED) is 0.353. The van der Waals surface area contributed by atoms with Gasteiger partial charge in [0.1, 0.15) is 12.6 Å². The molecule has 0 aliphatic carbocycles. The van der Waals surface area contributed by atoms with E-state index in [1.807, 2.05) is 42.5 Å². The van der Waals surface area contributed by atoms with Gasteiger partial charge in [0.15, 0.2) is 5.11 Å². The molecule has 7 nitrogen and oxygen atoms in total. The van der Waals surface area contributed by atoms with Crippen molar-refractivity contribution < 1.29 is 9.53 Å². The molecule has 1 fully saturated rings. The van der Waals surface area contributed by atoms with Gasteiger partial charge in [-0.15, -0.1) is 0 Å². The van der Waals surface area contributed by atoms with Crippen LogP contribution in [0, 0.1) is 6.92 Å². The molecule has 4 aromatic rings. The first-order chi connectivity index (χ1) is 17.5. The largest absolute Gasteiger partial charge is 0.375 e. The summed E-state index contributed by atoms with van der Waals surface area (Å²) in [6.07, 6.45) is 3.87. The van der Waals surface area contributed by atoms with E-state index in [1.54, 1.807) is 6.20 Å². The summed E-state index contributed by atoms with van der Waals surface area (Å²) in [4.78, 5) is 18.7. The Bertz CT molecular complexity index is 1350. The fraction of sp³-hybridized carbons (Fsp3) is 0.179. The minimum absolute atomic E-state index is 0.00567. The fourth-order valence-electron chi connectivity index (χ4n) is 4.54. The van der Waals surface area contributed by atoms with Crippen molar-refractivity contribution in [1.82, 2.24) is 14.9 Å². The first kappa shape index (κ1) is 23.7. The van der Waals surface area contributed by atoms with E-state index < -0.39 is 0 Å². The highest BCUT2D eigenvalue weighted by molar-refractivity contribution is 7.80. The second-order valence-corrected chi connectivity index (χ2v) is 9.05. The average molecular weight is 498 g/mol. The van der Waals surface area contributed by atoms with Crippen molar-refractivity contribution in [3.63, 3.8) is 0 Å². The summed E-state index contributed by atoms with van der Waals surface area (Å²) in [5.74, 6) is -0.201. The van der Waals surface area contributed by atoms with Crippen LogP contribution in [0.25, 0.3) is 5.69 Å². The zero-order valence-electron chi connectivity index (χ0n) is 20.1. The third-order valence-corrected chi connectivity index (χ3v) is 6.51. The van der Waals surface area contributed by atoms with Crippen molar-refractivity contribution in [2.45, 2.75) is 19.0 Å². The zero-order valence-corrected chi connectivity index (χ0v) is 20.9. The van der Waals surface area contributed by atoms with Crippen LogP contribution < -0.4 is 15.5 Å². The van der Waals surface area contributed by atoms with Crippen LogP contribution in [0.3, 0.4) is 0 Å². The Balaban J connectivity index is 1.55. The van der Waals surface area contributed by atoms with Gasteiger partial charge in [-0.05, 0) is 79.8 Å². The predicted molar refractivity (Wildman–Crippen MR) is 145 cm³/mol. The molecule has 2 atom stereocenters. The summed E-state index contributed by atoms with van der Waals surface area (Å²) in [6.45, 7) is 2.09. The molecule has 1 amide bonds. The van der Waals surface area contributed by atoms with Gasteiger partial charge in [-0.2, -0.15) is 0 Å². The van der Waals surface area contributed by atoms with E-state index in [0.717, 1.165) is 22.8 Å². The molecule has 36 heavy (non-hydrogen) atoms. The summed E-state index contributed by atoms with van der Waals surface area (Å²) in [5, 5.41) is 6.95. The Morgan fingerprint density at radius 2 is 1.78 bits per heavy atom. The molecule has 1 aliphatic heterocycles. The molecule has 8 heteroatoms. The van der Waals surface area contributed by atoms with Crippen molar-refractivity contribution in [2.24, 2.45) is 0 Å². The van der Waals surface area contributed by atoms with Crippen LogP contribution in [-0.4, -0.2) is 34.3 Å². The van der Waals surface area contributed by atoms with E-state index >= 15 is 0 Å². The number of ether oxygens (including phenoxy) is 1. The SMILES string of the molecule is COCC(=O)Nc1ccc(N2C(=S)NC(c3ccccn3)C2c2cccn2-c2ccc(C)cc2)cc1. The normalized spacial score (nSPS) is 17.2. The predicted octanol–water partition coefficient (Wildman–Crippen LogP) is 4.94. The highest BCUT2D eigenvalue weighted by atomic mass is 32.1. The van der Waals surface area contributed by atoms with Gasteiger partial charge in [-0.25, -0.2) is 0 Å². The summed E-state index contributed by atoms with van der Waals surface area (Å²) in [6, 6.07) is 25.9. The highest BCUT2D eigenvalue weighted by Gasteiger charge is 2.42. The van der Waals surface area contributed by atoms with Crippen LogP contribution in [-0.2, 0) is 9.53 Å². The van der Waals surface area contributed by atoms with Gasteiger partial charge in [-0.3, -0.25) is 9.78 Å². The molecular weight excluding hydrogens is 470 g/mol. The molecule has 2 N–H and O–H groups in total. The number of thiocarbonyl (C=S) groups is 1. The molecule has 1 saturated heterocycles. The van der Waals surface area contributed by atoms with E-state index in [2.05, 4.69) is 74.6 Å². The lowest BCUT2D eigenvalue weighted by molar-refractivity contribution is -0.119. The Morgan fingerprint density at radius 3 is 2.47 bits per heavy atom. The fourth-order valence-corrected chi connectivity index (χ4v) is 4.89. The lowest BCUT2D eigenvalue weighted by Crippen LogP contribution is -2.30. The number of aromatic nitrogens is 2. The number of aryl methyl sites for hydroxylation is 1. The Labute approximate surface area is 215 Å².